The molecule has 4 rings (SSSR count). The zero-order valence-electron chi connectivity index (χ0n) is 13.6. The van der Waals surface area contributed by atoms with E-state index in [2.05, 4.69) is 15.3 Å². The summed E-state index contributed by atoms with van der Waals surface area (Å²) in [6, 6.07) is 2.34. The Morgan fingerprint density at radius 1 is 1.29 bits per heavy atom. The van der Waals surface area contributed by atoms with Crippen LogP contribution in [0.2, 0.25) is 0 Å². The lowest BCUT2D eigenvalue weighted by molar-refractivity contribution is -1.02. The van der Waals surface area contributed by atoms with Gasteiger partial charge in [0.15, 0.2) is 12.4 Å². The van der Waals surface area contributed by atoms with Crippen molar-refractivity contribution in [2.24, 2.45) is 0 Å². The van der Waals surface area contributed by atoms with Crippen molar-refractivity contribution in [2.75, 3.05) is 32.7 Å². The van der Waals surface area contributed by atoms with Crippen LogP contribution in [0.3, 0.4) is 0 Å². The molecule has 0 spiro atoms. The molecule has 3 heterocycles. The number of carbonyl (C=O) groups is 1. The third kappa shape index (κ3) is 3.66. The average Bonchev–Trinajstić information content (AvgIpc) is 3.22. The smallest absolute Gasteiger partial charge is 0.275 e. The summed E-state index contributed by atoms with van der Waals surface area (Å²) in [5.74, 6) is 0.945. The minimum Gasteiger partial charge on any atom is -0.348 e. The van der Waals surface area contributed by atoms with Gasteiger partial charge in [-0.1, -0.05) is 0 Å². The van der Waals surface area contributed by atoms with Gasteiger partial charge in [0.05, 0.1) is 5.52 Å². The first-order valence-corrected chi connectivity index (χ1v) is 9.48. The van der Waals surface area contributed by atoms with Crippen molar-refractivity contribution in [1.82, 2.24) is 15.3 Å². The lowest BCUT2D eigenvalue weighted by Gasteiger charge is -2.29. The fourth-order valence-corrected chi connectivity index (χ4v) is 4.01. The molecule has 1 aliphatic heterocycles. The number of quaternary nitrogens is 2. The molecule has 2 aliphatic rings. The molecule has 1 aliphatic carbocycles. The van der Waals surface area contributed by atoms with Crippen molar-refractivity contribution in [3.63, 3.8) is 0 Å². The van der Waals surface area contributed by atoms with E-state index in [-0.39, 0.29) is 11.5 Å². The van der Waals surface area contributed by atoms with E-state index in [1.54, 1.807) is 0 Å². The van der Waals surface area contributed by atoms with Gasteiger partial charge in [-0.25, -0.2) is 4.98 Å². The molecule has 128 valence electrons. The van der Waals surface area contributed by atoms with E-state index in [0.29, 0.717) is 17.3 Å². The quantitative estimate of drug-likeness (QED) is 0.483. The highest BCUT2D eigenvalue weighted by Gasteiger charge is 2.28. The van der Waals surface area contributed by atoms with Crippen LogP contribution >= 0.6 is 11.3 Å². The number of rotatable bonds is 5. The zero-order valence-corrected chi connectivity index (χ0v) is 14.4. The van der Waals surface area contributed by atoms with Gasteiger partial charge >= 0.3 is 0 Å². The van der Waals surface area contributed by atoms with E-state index < -0.39 is 0 Å². The van der Waals surface area contributed by atoms with Crippen LogP contribution in [0.5, 0.6) is 0 Å². The number of amides is 1. The molecule has 7 nitrogen and oxygen atoms in total. The Morgan fingerprint density at radius 2 is 2.04 bits per heavy atom. The molecular formula is C16H23N5O2S+2. The largest absolute Gasteiger partial charge is 0.348 e. The van der Waals surface area contributed by atoms with Crippen LogP contribution in [0, 0.1) is 0 Å². The Bertz CT molecular complexity index is 789. The molecule has 0 aromatic carbocycles. The maximum atomic E-state index is 12.0. The SMILES string of the molecule is O=C(C[NH+]1CC[NH+](Cc2nc3ccsc3c(=O)[nH]2)CC1)NC1CC1. The second-order valence-electron chi connectivity index (χ2n) is 6.84. The lowest BCUT2D eigenvalue weighted by Crippen LogP contribution is -3.28. The van der Waals surface area contributed by atoms with E-state index >= 15 is 0 Å². The maximum absolute atomic E-state index is 12.0. The number of H-pyrrole nitrogens is 1. The summed E-state index contributed by atoms with van der Waals surface area (Å²) < 4.78 is 0.699. The van der Waals surface area contributed by atoms with Gasteiger partial charge in [-0.05, 0) is 24.3 Å². The third-order valence-corrected chi connectivity index (χ3v) is 5.70. The van der Waals surface area contributed by atoms with Crippen molar-refractivity contribution in [1.29, 1.82) is 0 Å². The predicted octanol–water partition coefficient (Wildman–Crippen LogP) is -2.45. The molecule has 1 saturated heterocycles. The number of fused-ring (bicyclic) bond motifs is 1. The third-order valence-electron chi connectivity index (χ3n) is 4.80. The molecule has 8 heteroatoms. The van der Waals surface area contributed by atoms with E-state index in [0.717, 1.165) is 56.9 Å². The standard InChI is InChI=1S/C16H21N5O2S/c22-14(17-11-1-2-11)10-21-6-4-20(5-7-21)9-13-18-12-3-8-24-15(12)16(23)19-13/h3,8,11H,1-2,4-7,9-10H2,(H,17,22)(H,18,19,23)/p+2. The molecule has 24 heavy (non-hydrogen) atoms. The fraction of sp³-hybridized carbons (Fsp3) is 0.562. The van der Waals surface area contributed by atoms with Gasteiger partial charge < -0.3 is 20.1 Å². The molecule has 0 atom stereocenters. The highest BCUT2D eigenvalue weighted by molar-refractivity contribution is 7.17. The van der Waals surface area contributed by atoms with E-state index in [1.807, 2.05) is 11.4 Å². The van der Waals surface area contributed by atoms with Gasteiger partial charge in [-0.3, -0.25) is 9.59 Å². The minimum absolute atomic E-state index is 0.0367. The van der Waals surface area contributed by atoms with E-state index in [9.17, 15) is 9.59 Å². The number of nitrogens with one attached hydrogen (secondary N) is 4. The van der Waals surface area contributed by atoms with Crippen LogP contribution in [0.25, 0.3) is 10.2 Å². The Labute approximate surface area is 143 Å². The van der Waals surface area contributed by atoms with Crippen LogP contribution in [-0.4, -0.2) is 54.6 Å². The van der Waals surface area contributed by atoms with Gasteiger partial charge in [0, 0.05) is 6.04 Å². The number of aromatic amines is 1. The number of aromatic nitrogens is 2. The van der Waals surface area contributed by atoms with Gasteiger partial charge in [0.1, 0.15) is 37.4 Å². The van der Waals surface area contributed by atoms with Crippen molar-refractivity contribution < 1.29 is 14.6 Å². The molecule has 2 fully saturated rings. The maximum Gasteiger partial charge on any atom is 0.275 e. The first-order valence-electron chi connectivity index (χ1n) is 8.60. The molecule has 0 unspecified atom stereocenters. The summed E-state index contributed by atoms with van der Waals surface area (Å²) in [6.45, 7) is 5.29. The van der Waals surface area contributed by atoms with Crippen molar-refractivity contribution in [2.45, 2.75) is 25.4 Å². The van der Waals surface area contributed by atoms with Crippen molar-refractivity contribution in [3.05, 3.63) is 27.6 Å². The number of hydrogen-bond acceptors (Lipinski definition) is 4. The molecule has 2 aromatic rings. The molecule has 0 bridgehead atoms. The first kappa shape index (κ1) is 15.7. The monoisotopic (exact) mass is 349 g/mol. The summed E-state index contributed by atoms with van der Waals surface area (Å²) >= 11 is 1.43. The molecule has 4 N–H and O–H groups in total. The Morgan fingerprint density at radius 3 is 2.79 bits per heavy atom. The number of carbonyl (C=O) groups excluding carboxylic acids is 1. The van der Waals surface area contributed by atoms with Crippen LogP contribution in [0.1, 0.15) is 18.7 Å². The minimum atomic E-state index is -0.0367. The van der Waals surface area contributed by atoms with Crippen LogP contribution < -0.4 is 20.7 Å². The summed E-state index contributed by atoms with van der Waals surface area (Å²) in [5.41, 5.74) is 0.754. The number of nitrogens with zero attached hydrogens (tertiary/aromatic N) is 1. The normalized spacial score (nSPS) is 24.2. The topological polar surface area (TPSA) is 83.7 Å². The molecule has 0 radical (unpaired) electrons. The highest BCUT2D eigenvalue weighted by Crippen LogP contribution is 2.18. The number of hydrogen-bond donors (Lipinski definition) is 4. The molecular weight excluding hydrogens is 326 g/mol. The van der Waals surface area contributed by atoms with Gasteiger partial charge in [-0.2, -0.15) is 0 Å². The number of thiophene rings is 1. The van der Waals surface area contributed by atoms with Gasteiger partial charge in [0.25, 0.3) is 11.5 Å². The fourth-order valence-electron chi connectivity index (χ4n) is 3.29. The van der Waals surface area contributed by atoms with Gasteiger partial charge in [0.2, 0.25) is 0 Å². The Balaban J connectivity index is 1.30. The zero-order chi connectivity index (χ0) is 16.5. The molecule has 1 amide bonds. The lowest BCUT2D eigenvalue weighted by atomic mass is 10.3. The number of piperazine rings is 1. The molecule has 2 aromatic heterocycles. The van der Waals surface area contributed by atoms with Gasteiger partial charge in [-0.15, -0.1) is 11.3 Å². The van der Waals surface area contributed by atoms with E-state index in [1.165, 1.54) is 21.1 Å². The van der Waals surface area contributed by atoms with Crippen molar-refractivity contribution >= 4 is 27.5 Å². The summed E-state index contributed by atoms with van der Waals surface area (Å²) in [4.78, 5) is 34.1. The predicted molar refractivity (Wildman–Crippen MR) is 91.4 cm³/mol. The Kier molecular flexibility index (Phi) is 4.34. The summed E-state index contributed by atoms with van der Waals surface area (Å²) in [6.07, 6.45) is 2.28. The average molecular weight is 349 g/mol. The second kappa shape index (κ2) is 6.62. The first-order chi connectivity index (χ1) is 11.7. The Hall–Kier alpha value is -1.77. The summed E-state index contributed by atoms with van der Waals surface area (Å²) in [7, 11) is 0. The van der Waals surface area contributed by atoms with E-state index in [4.69, 9.17) is 0 Å². The van der Waals surface area contributed by atoms with Crippen LogP contribution in [0.4, 0.5) is 0 Å². The summed E-state index contributed by atoms with van der Waals surface area (Å²) in [5, 5.41) is 4.96. The van der Waals surface area contributed by atoms with Crippen LogP contribution in [-0.2, 0) is 11.3 Å². The molecule has 1 saturated carbocycles. The van der Waals surface area contributed by atoms with Crippen LogP contribution in [0.15, 0.2) is 16.2 Å². The highest BCUT2D eigenvalue weighted by atomic mass is 32.1. The second-order valence-corrected chi connectivity index (χ2v) is 7.76. The van der Waals surface area contributed by atoms with Crippen molar-refractivity contribution in [3.8, 4) is 0 Å².